The van der Waals surface area contributed by atoms with Gasteiger partial charge in [-0.15, -0.1) is 0 Å². The van der Waals surface area contributed by atoms with E-state index in [0.29, 0.717) is 0 Å². The summed E-state index contributed by atoms with van der Waals surface area (Å²) in [5.41, 5.74) is 5.73. The molecule has 1 aliphatic heterocycles. The van der Waals surface area contributed by atoms with Crippen LogP contribution in [0.2, 0.25) is 0 Å². The number of aryl methyl sites for hydroxylation is 1. The molecule has 27 heavy (non-hydrogen) atoms. The van der Waals surface area contributed by atoms with E-state index in [2.05, 4.69) is 63.7 Å². The van der Waals surface area contributed by atoms with Gasteiger partial charge in [0.15, 0.2) is 5.11 Å². The van der Waals surface area contributed by atoms with Crippen LogP contribution in [0.3, 0.4) is 0 Å². The van der Waals surface area contributed by atoms with Gasteiger partial charge >= 0.3 is 0 Å². The number of aromatic nitrogens is 3. The molecular formula is C21H23N5S. The highest BCUT2D eigenvalue weighted by atomic mass is 32.1. The third-order valence-electron chi connectivity index (χ3n) is 5.23. The summed E-state index contributed by atoms with van der Waals surface area (Å²) in [7, 11) is 0. The highest BCUT2D eigenvalue weighted by Crippen LogP contribution is 2.41. The Balaban J connectivity index is 1.84. The summed E-state index contributed by atoms with van der Waals surface area (Å²) in [5, 5.41) is 4.27. The topological polar surface area (TPSA) is 46.0 Å². The monoisotopic (exact) mass is 377 g/mol. The van der Waals surface area contributed by atoms with Crippen LogP contribution < -0.4 is 5.32 Å². The maximum absolute atomic E-state index is 5.64. The molecule has 2 atom stereocenters. The summed E-state index contributed by atoms with van der Waals surface area (Å²) < 4.78 is 2.26. The van der Waals surface area contributed by atoms with Crippen LogP contribution in [0.4, 0.5) is 0 Å². The molecule has 6 heteroatoms. The first kappa shape index (κ1) is 17.7. The number of hydrogen-bond donors (Lipinski definition) is 1. The Bertz CT molecular complexity index is 951. The minimum Gasteiger partial charge on any atom is -0.352 e. The van der Waals surface area contributed by atoms with Crippen molar-refractivity contribution in [3.05, 3.63) is 77.6 Å². The fraction of sp³-hybridized carbons (Fsp3) is 0.286. The second-order valence-corrected chi connectivity index (χ2v) is 7.17. The molecular weight excluding hydrogens is 354 g/mol. The number of likely N-dealkylation sites (N-methyl/N-ethyl adjacent to an activating group) is 1. The number of rotatable bonds is 4. The zero-order valence-corrected chi connectivity index (χ0v) is 16.6. The van der Waals surface area contributed by atoms with Gasteiger partial charge in [0.2, 0.25) is 0 Å². The van der Waals surface area contributed by atoms with Crippen LogP contribution in [0.1, 0.15) is 41.7 Å². The molecule has 1 saturated heterocycles. The van der Waals surface area contributed by atoms with E-state index in [1.807, 2.05) is 30.6 Å². The molecule has 4 rings (SSSR count). The van der Waals surface area contributed by atoms with Gasteiger partial charge in [0.25, 0.3) is 0 Å². The van der Waals surface area contributed by atoms with Crippen molar-refractivity contribution < 1.29 is 0 Å². The molecule has 0 radical (unpaired) electrons. The molecule has 1 N–H and O–H groups in total. The van der Waals surface area contributed by atoms with Crippen LogP contribution in [0, 0.1) is 13.8 Å². The molecule has 1 fully saturated rings. The maximum Gasteiger partial charge on any atom is 0.170 e. The Morgan fingerprint density at radius 3 is 2.67 bits per heavy atom. The SMILES string of the molecule is CCN1C(=S)NC(c2ccccn2)C1c1cc(C)n(-c2cccnc2)c1C. The van der Waals surface area contributed by atoms with Crippen molar-refractivity contribution in [3.8, 4) is 5.69 Å². The normalized spacial score (nSPS) is 19.4. The number of thiocarbonyl (C=S) groups is 1. The van der Waals surface area contributed by atoms with Gasteiger partial charge in [0.1, 0.15) is 0 Å². The van der Waals surface area contributed by atoms with Crippen LogP contribution >= 0.6 is 12.2 Å². The van der Waals surface area contributed by atoms with Crippen molar-refractivity contribution in [1.29, 1.82) is 0 Å². The first-order valence-electron chi connectivity index (χ1n) is 9.19. The van der Waals surface area contributed by atoms with Crippen LogP contribution in [0.25, 0.3) is 5.69 Å². The number of pyridine rings is 2. The van der Waals surface area contributed by atoms with Crippen LogP contribution in [-0.4, -0.2) is 31.1 Å². The fourth-order valence-electron chi connectivity index (χ4n) is 4.05. The predicted octanol–water partition coefficient (Wildman–Crippen LogP) is 3.88. The number of nitrogens with one attached hydrogen (secondary N) is 1. The zero-order valence-electron chi connectivity index (χ0n) is 15.8. The lowest BCUT2D eigenvalue weighted by molar-refractivity contribution is 0.329. The summed E-state index contributed by atoms with van der Waals surface area (Å²) in [4.78, 5) is 11.1. The fourth-order valence-corrected chi connectivity index (χ4v) is 4.42. The van der Waals surface area contributed by atoms with E-state index in [1.165, 1.54) is 17.0 Å². The Labute approximate surface area is 165 Å². The molecule has 0 spiro atoms. The molecule has 3 aromatic rings. The lowest BCUT2D eigenvalue weighted by Gasteiger charge is -2.27. The molecule has 3 aromatic heterocycles. The van der Waals surface area contributed by atoms with E-state index in [0.717, 1.165) is 23.0 Å². The van der Waals surface area contributed by atoms with E-state index < -0.39 is 0 Å². The molecule has 138 valence electrons. The zero-order chi connectivity index (χ0) is 19.0. The number of nitrogens with zero attached hydrogens (tertiary/aromatic N) is 4. The largest absolute Gasteiger partial charge is 0.352 e. The van der Waals surface area contributed by atoms with Gasteiger partial charge in [-0.05, 0) is 68.9 Å². The highest BCUT2D eigenvalue weighted by molar-refractivity contribution is 7.80. The first-order chi connectivity index (χ1) is 13.1. The van der Waals surface area contributed by atoms with Gasteiger partial charge in [0, 0.05) is 30.3 Å². The summed E-state index contributed by atoms with van der Waals surface area (Å²) in [6.07, 6.45) is 5.54. The van der Waals surface area contributed by atoms with Gasteiger partial charge in [-0.25, -0.2) is 0 Å². The molecule has 1 aliphatic rings. The Hall–Kier alpha value is -2.73. The summed E-state index contributed by atoms with van der Waals surface area (Å²) in [5.74, 6) is 0. The van der Waals surface area contributed by atoms with E-state index in [9.17, 15) is 0 Å². The Morgan fingerprint density at radius 1 is 1.15 bits per heavy atom. The third kappa shape index (κ3) is 3.00. The quantitative estimate of drug-likeness (QED) is 0.699. The second-order valence-electron chi connectivity index (χ2n) is 6.79. The molecule has 0 bridgehead atoms. The summed E-state index contributed by atoms with van der Waals surface area (Å²) in [6, 6.07) is 12.5. The second kappa shape index (κ2) is 7.12. The standard InChI is InChI=1S/C21H23N5S/c1-4-25-20(19(24-21(25)27)18-9-5-6-11-23-18)17-12-14(2)26(15(17)3)16-8-7-10-22-13-16/h5-13,19-20H,4H2,1-3H3,(H,24,27). The number of hydrogen-bond acceptors (Lipinski definition) is 3. The molecule has 0 saturated carbocycles. The van der Waals surface area contributed by atoms with Crippen molar-refractivity contribution in [2.75, 3.05) is 6.54 Å². The Kier molecular flexibility index (Phi) is 4.66. The van der Waals surface area contributed by atoms with E-state index in [4.69, 9.17) is 12.2 Å². The van der Waals surface area contributed by atoms with Crippen molar-refractivity contribution in [2.45, 2.75) is 32.9 Å². The molecule has 2 unspecified atom stereocenters. The Morgan fingerprint density at radius 2 is 2.00 bits per heavy atom. The van der Waals surface area contributed by atoms with Gasteiger partial charge in [-0.3, -0.25) is 9.97 Å². The van der Waals surface area contributed by atoms with Gasteiger partial charge in [-0.2, -0.15) is 0 Å². The third-order valence-corrected chi connectivity index (χ3v) is 5.58. The summed E-state index contributed by atoms with van der Waals surface area (Å²) in [6.45, 7) is 7.29. The lowest BCUT2D eigenvalue weighted by Crippen LogP contribution is -2.29. The molecule has 4 heterocycles. The van der Waals surface area contributed by atoms with E-state index in [1.54, 1.807) is 6.20 Å². The maximum atomic E-state index is 5.64. The average Bonchev–Trinajstić information content (AvgIpc) is 3.18. The smallest absolute Gasteiger partial charge is 0.170 e. The van der Waals surface area contributed by atoms with Crippen molar-refractivity contribution in [1.82, 2.24) is 24.8 Å². The molecule has 0 aromatic carbocycles. The van der Waals surface area contributed by atoms with Crippen LogP contribution in [0.15, 0.2) is 55.0 Å². The molecule has 5 nitrogen and oxygen atoms in total. The van der Waals surface area contributed by atoms with Crippen molar-refractivity contribution in [3.63, 3.8) is 0 Å². The average molecular weight is 378 g/mol. The van der Waals surface area contributed by atoms with Gasteiger partial charge < -0.3 is 14.8 Å². The van der Waals surface area contributed by atoms with Gasteiger partial charge in [0.05, 0.1) is 29.7 Å². The van der Waals surface area contributed by atoms with Gasteiger partial charge in [-0.1, -0.05) is 6.07 Å². The minimum atomic E-state index is 0.0292. The van der Waals surface area contributed by atoms with Crippen molar-refractivity contribution >= 4 is 17.3 Å². The molecule has 0 amide bonds. The summed E-state index contributed by atoms with van der Waals surface area (Å²) >= 11 is 5.64. The van der Waals surface area contributed by atoms with E-state index in [-0.39, 0.29) is 12.1 Å². The van der Waals surface area contributed by atoms with Crippen molar-refractivity contribution in [2.24, 2.45) is 0 Å². The predicted molar refractivity (Wildman–Crippen MR) is 111 cm³/mol. The van der Waals surface area contributed by atoms with Crippen LogP contribution in [-0.2, 0) is 0 Å². The first-order valence-corrected chi connectivity index (χ1v) is 9.60. The van der Waals surface area contributed by atoms with Crippen LogP contribution in [0.5, 0.6) is 0 Å². The highest BCUT2D eigenvalue weighted by Gasteiger charge is 2.40. The van der Waals surface area contributed by atoms with E-state index >= 15 is 0 Å². The molecule has 0 aliphatic carbocycles. The minimum absolute atomic E-state index is 0.0292. The lowest BCUT2D eigenvalue weighted by atomic mass is 9.97.